The van der Waals surface area contributed by atoms with Crippen molar-refractivity contribution in [3.63, 3.8) is 0 Å². The number of alkyl halides is 3. The van der Waals surface area contributed by atoms with Crippen LogP contribution >= 0.6 is 0 Å². The van der Waals surface area contributed by atoms with Gasteiger partial charge in [-0.15, -0.1) is 0 Å². The van der Waals surface area contributed by atoms with Gasteiger partial charge >= 0.3 is 11.9 Å². The number of aryl methyl sites for hydroxylation is 1. The number of para-hydroxylation sites is 1. The number of carbonyl (C=O) groups excluding carboxylic acids is 1. The summed E-state index contributed by atoms with van der Waals surface area (Å²) in [6.45, 7) is 3.10. The van der Waals surface area contributed by atoms with Crippen molar-refractivity contribution >= 4 is 11.6 Å². The summed E-state index contributed by atoms with van der Waals surface area (Å²) in [6.07, 6.45) is -4.22. The summed E-state index contributed by atoms with van der Waals surface area (Å²) < 4.78 is 45.9. The van der Waals surface area contributed by atoms with Crippen molar-refractivity contribution in [2.24, 2.45) is 0 Å². The van der Waals surface area contributed by atoms with E-state index in [-0.39, 0.29) is 5.69 Å². The van der Waals surface area contributed by atoms with Crippen molar-refractivity contribution < 1.29 is 22.7 Å². The molecule has 1 heterocycles. The Labute approximate surface area is 163 Å². The number of hydrogen-bond acceptors (Lipinski definition) is 3. The molecule has 0 fully saturated rings. The highest BCUT2D eigenvalue weighted by atomic mass is 19.4. The molecule has 0 aliphatic rings. The number of ether oxygens (including phenoxy) is 1. The number of amides is 1. The lowest BCUT2D eigenvalue weighted by molar-refractivity contribution is -0.140. The third-order valence-corrected chi connectivity index (χ3v) is 4.20. The number of H-pyrrole nitrogens is 1. The third-order valence-electron chi connectivity index (χ3n) is 4.20. The van der Waals surface area contributed by atoms with Gasteiger partial charge in [0.25, 0.3) is 5.91 Å². The normalized spacial score (nSPS) is 12.4. The van der Waals surface area contributed by atoms with E-state index >= 15 is 0 Å². The lowest BCUT2D eigenvalue weighted by atomic mass is 10.2. The summed E-state index contributed by atoms with van der Waals surface area (Å²) in [5, 5.41) is 2.59. The van der Waals surface area contributed by atoms with E-state index in [0.717, 1.165) is 12.1 Å². The summed E-state index contributed by atoms with van der Waals surface area (Å²) in [5.74, 6) is -1.05. The van der Waals surface area contributed by atoms with Gasteiger partial charge in [0.1, 0.15) is 5.75 Å². The Morgan fingerprint density at radius 3 is 2.55 bits per heavy atom. The zero-order chi connectivity index (χ0) is 21.2. The average Bonchev–Trinajstić information content (AvgIpc) is 2.99. The number of benzene rings is 2. The predicted octanol–water partition coefficient (Wildman–Crippen LogP) is 3.90. The molecule has 0 aliphatic heterocycles. The topological polar surface area (TPSA) is 76.1 Å². The number of halogens is 3. The van der Waals surface area contributed by atoms with Crippen LogP contribution in [0.15, 0.2) is 59.5 Å². The van der Waals surface area contributed by atoms with Crippen LogP contribution in [-0.4, -0.2) is 21.6 Å². The summed E-state index contributed by atoms with van der Waals surface area (Å²) in [5.41, 5.74) is 0.302. The molecule has 29 heavy (non-hydrogen) atoms. The Bertz CT molecular complexity index is 1090. The molecule has 0 bridgehead atoms. The quantitative estimate of drug-likeness (QED) is 0.676. The van der Waals surface area contributed by atoms with E-state index in [4.69, 9.17) is 4.74 Å². The first-order chi connectivity index (χ1) is 13.7. The number of rotatable bonds is 5. The van der Waals surface area contributed by atoms with Crippen LogP contribution in [0.25, 0.3) is 5.69 Å². The highest BCUT2D eigenvalue weighted by Crippen LogP contribution is 2.36. The number of anilines is 1. The first kappa shape index (κ1) is 20.2. The largest absolute Gasteiger partial charge is 0.480 e. The molecular formula is C20H18F3N3O3. The van der Waals surface area contributed by atoms with Gasteiger partial charge in [-0.25, -0.2) is 4.79 Å². The molecule has 2 N–H and O–H groups in total. The van der Waals surface area contributed by atoms with Gasteiger partial charge in [0.05, 0.1) is 11.3 Å². The Hall–Kier alpha value is -3.49. The van der Waals surface area contributed by atoms with Gasteiger partial charge in [0, 0.05) is 17.6 Å². The summed E-state index contributed by atoms with van der Waals surface area (Å²) >= 11 is 0. The number of carbonyl (C=O) groups is 1. The van der Waals surface area contributed by atoms with Gasteiger partial charge < -0.3 is 15.0 Å². The highest BCUT2D eigenvalue weighted by molar-refractivity contribution is 5.94. The molecular weight excluding hydrogens is 387 g/mol. The summed E-state index contributed by atoms with van der Waals surface area (Å²) in [7, 11) is 0. The van der Waals surface area contributed by atoms with Crippen LogP contribution in [0.4, 0.5) is 18.9 Å². The molecule has 0 saturated heterocycles. The van der Waals surface area contributed by atoms with E-state index in [1.54, 1.807) is 37.4 Å². The zero-order valence-electron chi connectivity index (χ0n) is 15.6. The zero-order valence-corrected chi connectivity index (χ0v) is 15.6. The fourth-order valence-electron chi connectivity index (χ4n) is 2.79. The van der Waals surface area contributed by atoms with E-state index in [1.807, 2.05) is 0 Å². The molecule has 152 valence electrons. The SMILES string of the molecule is Cc1c[nH]c(=O)n1-c1cccc(NC(=O)C(C)Oc2ccccc2C(F)(F)F)c1. The second-order valence-electron chi connectivity index (χ2n) is 6.36. The number of imidazole rings is 1. The van der Waals surface area contributed by atoms with Crippen molar-refractivity contribution in [1.82, 2.24) is 9.55 Å². The molecule has 3 aromatic rings. The second kappa shape index (κ2) is 7.86. The number of nitrogens with zero attached hydrogens (tertiary/aromatic N) is 1. The van der Waals surface area contributed by atoms with Gasteiger partial charge in [0.2, 0.25) is 0 Å². The van der Waals surface area contributed by atoms with E-state index < -0.39 is 29.5 Å². The van der Waals surface area contributed by atoms with Crippen molar-refractivity contribution in [1.29, 1.82) is 0 Å². The lowest BCUT2D eigenvalue weighted by Gasteiger charge is -2.18. The van der Waals surface area contributed by atoms with Crippen LogP contribution in [0.5, 0.6) is 5.75 Å². The first-order valence-electron chi connectivity index (χ1n) is 8.68. The molecule has 1 aromatic heterocycles. The van der Waals surface area contributed by atoms with Crippen molar-refractivity contribution in [3.05, 3.63) is 76.5 Å². The maximum Gasteiger partial charge on any atom is 0.419 e. The van der Waals surface area contributed by atoms with Crippen LogP contribution in [0.2, 0.25) is 0 Å². The van der Waals surface area contributed by atoms with Crippen molar-refractivity contribution in [2.75, 3.05) is 5.32 Å². The smallest absolute Gasteiger partial charge is 0.419 e. The summed E-state index contributed by atoms with van der Waals surface area (Å²) in [4.78, 5) is 26.9. The minimum absolute atomic E-state index is 0.327. The fourth-order valence-corrected chi connectivity index (χ4v) is 2.79. The Balaban J connectivity index is 1.76. The molecule has 0 aliphatic carbocycles. The monoisotopic (exact) mass is 405 g/mol. The summed E-state index contributed by atoms with van der Waals surface area (Å²) in [6, 6.07) is 11.2. The van der Waals surface area contributed by atoms with Crippen LogP contribution < -0.4 is 15.7 Å². The molecule has 0 saturated carbocycles. The minimum Gasteiger partial charge on any atom is -0.480 e. The fraction of sp³-hybridized carbons (Fsp3) is 0.200. The van der Waals surface area contributed by atoms with Gasteiger partial charge in [-0.3, -0.25) is 9.36 Å². The third kappa shape index (κ3) is 4.50. The molecule has 9 heteroatoms. The first-order valence-corrected chi connectivity index (χ1v) is 8.68. The van der Waals surface area contributed by atoms with Crippen LogP contribution in [0.1, 0.15) is 18.2 Å². The van der Waals surface area contributed by atoms with Gasteiger partial charge in [0.15, 0.2) is 6.10 Å². The van der Waals surface area contributed by atoms with Crippen LogP contribution in [0.3, 0.4) is 0 Å². The van der Waals surface area contributed by atoms with Gasteiger partial charge in [-0.1, -0.05) is 18.2 Å². The molecule has 1 amide bonds. The molecule has 3 rings (SSSR count). The van der Waals surface area contributed by atoms with Crippen molar-refractivity contribution in [2.45, 2.75) is 26.1 Å². The van der Waals surface area contributed by atoms with Gasteiger partial charge in [-0.05, 0) is 44.2 Å². The molecule has 2 aromatic carbocycles. The van der Waals surface area contributed by atoms with E-state index in [2.05, 4.69) is 10.3 Å². The number of hydrogen-bond donors (Lipinski definition) is 2. The van der Waals surface area contributed by atoms with E-state index in [9.17, 15) is 22.8 Å². The average molecular weight is 405 g/mol. The van der Waals surface area contributed by atoms with Crippen LogP contribution in [-0.2, 0) is 11.0 Å². The van der Waals surface area contributed by atoms with E-state index in [0.29, 0.717) is 17.1 Å². The molecule has 6 nitrogen and oxygen atoms in total. The maximum atomic E-state index is 13.1. The Morgan fingerprint density at radius 2 is 1.90 bits per heavy atom. The van der Waals surface area contributed by atoms with Crippen molar-refractivity contribution in [3.8, 4) is 11.4 Å². The van der Waals surface area contributed by atoms with Crippen LogP contribution in [0, 0.1) is 6.92 Å². The molecule has 0 radical (unpaired) electrons. The van der Waals surface area contributed by atoms with E-state index in [1.165, 1.54) is 23.6 Å². The number of nitrogens with one attached hydrogen (secondary N) is 2. The minimum atomic E-state index is -4.59. The number of aromatic amines is 1. The lowest BCUT2D eigenvalue weighted by Crippen LogP contribution is -2.31. The predicted molar refractivity (Wildman–Crippen MR) is 101 cm³/mol. The second-order valence-corrected chi connectivity index (χ2v) is 6.36. The Morgan fingerprint density at radius 1 is 1.17 bits per heavy atom. The molecule has 1 atom stereocenters. The molecule has 1 unspecified atom stereocenters. The number of aromatic nitrogens is 2. The van der Waals surface area contributed by atoms with Gasteiger partial charge in [-0.2, -0.15) is 13.2 Å². The Kier molecular flexibility index (Phi) is 5.49. The molecule has 0 spiro atoms. The highest BCUT2D eigenvalue weighted by Gasteiger charge is 2.34. The standard InChI is InChI=1S/C20H18F3N3O3/c1-12-11-24-19(28)26(12)15-7-5-6-14(10-15)25-18(27)13(2)29-17-9-4-3-8-16(17)20(21,22)23/h3-11,13H,1-2H3,(H,24,28)(H,25,27). The maximum absolute atomic E-state index is 13.1.